The van der Waals surface area contributed by atoms with Crippen LogP contribution in [0.25, 0.3) is 0 Å². The summed E-state index contributed by atoms with van der Waals surface area (Å²) in [5.41, 5.74) is 0. The van der Waals surface area contributed by atoms with Crippen molar-refractivity contribution in [3.63, 3.8) is 0 Å². The van der Waals surface area contributed by atoms with Gasteiger partial charge in [-0.3, -0.25) is 0 Å². The molecule has 0 radical (unpaired) electrons. The first-order chi connectivity index (χ1) is 8.36. The van der Waals surface area contributed by atoms with Gasteiger partial charge in [-0.2, -0.15) is 11.8 Å². The minimum atomic E-state index is 0.744. The fourth-order valence-corrected chi connectivity index (χ4v) is 3.07. The lowest BCUT2D eigenvalue weighted by Crippen LogP contribution is -2.37. The van der Waals surface area contributed by atoms with Crippen molar-refractivity contribution in [1.82, 2.24) is 10.2 Å². The average Bonchev–Trinajstić information content (AvgIpc) is 2.55. The third kappa shape index (κ3) is 7.32. The number of nitrogens with zero attached hydrogens (tertiary/aromatic N) is 1. The van der Waals surface area contributed by atoms with Gasteiger partial charge in [-0.1, -0.05) is 19.8 Å². The summed E-state index contributed by atoms with van der Waals surface area (Å²) in [7, 11) is 0. The third-order valence-electron chi connectivity index (χ3n) is 3.52. The Labute approximate surface area is 112 Å². The Balaban J connectivity index is 2.12. The van der Waals surface area contributed by atoms with E-state index in [2.05, 4.69) is 23.4 Å². The smallest absolute Gasteiger partial charge is 0.0194 e. The molecule has 102 valence electrons. The van der Waals surface area contributed by atoms with Crippen LogP contribution in [0.15, 0.2) is 0 Å². The molecule has 1 N–H and O–H groups in total. The normalized spacial score (nSPS) is 22.6. The molecule has 1 fully saturated rings. The molecule has 3 heteroatoms. The maximum atomic E-state index is 3.68. The summed E-state index contributed by atoms with van der Waals surface area (Å²) >= 11 is 1.97. The summed E-state index contributed by atoms with van der Waals surface area (Å²) in [4.78, 5) is 2.68. The number of hydrogen-bond donors (Lipinski definition) is 1. The predicted molar refractivity (Wildman–Crippen MR) is 80.0 cm³/mol. The molecule has 1 rings (SSSR count). The van der Waals surface area contributed by atoms with Crippen LogP contribution in [0.5, 0.6) is 0 Å². The molecule has 2 nitrogen and oxygen atoms in total. The van der Waals surface area contributed by atoms with Crippen LogP contribution < -0.4 is 5.32 Å². The van der Waals surface area contributed by atoms with E-state index < -0.39 is 0 Å². The van der Waals surface area contributed by atoms with Crippen LogP contribution in [0, 0.1) is 0 Å². The molecule has 1 atom stereocenters. The molecule has 1 aliphatic rings. The molecule has 1 aliphatic heterocycles. The zero-order valence-electron chi connectivity index (χ0n) is 11.7. The van der Waals surface area contributed by atoms with Crippen LogP contribution in [0.1, 0.15) is 45.4 Å². The second kappa shape index (κ2) is 10.2. The third-order valence-corrected chi connectivity index (χ3v) is 4.22. The summed E-state index contributed by atoms with van der Waals surface area (Å²) in [6, 6.07) is 0.744. The monoisotopic (exact) mass is 258 g/mol. The van der Waals surface area contributed by atoms with Crippen molar-refractivity contribution >= 4 is 11.8 Å². The Morgan fingerprint density at radius 3 is 2.94 bits per heavy atom. The van der Waals surface area contributed by atoms with Gasteiger partial charge in [-0.15, -0.1) is 0 Å². The Bertz CT molecular complexity index is 176. The molecule has 1 heterocycles. The molecule has 0 spiro atoms. The molecule has 0 aromatic heterocycles. The topological polar surface area (TPSA) is 15.3 Å². The van der Waals surface area contributed by atoms with Crippen LogP contribution in [0.3, 0.4) is 0 Å². The summed E-state index contributed by atoms with van der Waals surface area (Å²) in [5.74, 6) is 1.33. The van der Waals surface area contributed by atoms with Gasteiger partial charge in [0.05, 0.1) is 0 Å². The minimum Gasteiger partial charge on any atom is -0.313 e. The van der Waals surface area contributed by atoms with E-state index in [1.165, 1.54) is 70.5 Å². The Hall–Kier alpha value is 0.270. The number of unbranched alkanes of at least 4 members (excludes halogenated alkanes) is 2. The van der Waals surface area contributed by atoms with Crippen LogP contribution in [0.4, 0.5) is 0 Å². The maximum absolute atomic E-state index is 3.68. The maximum Gasteiger partial charge on any atom is 0.0194 e. The highest BCUT2D eigenvalue weighted by Gasteiger charge is 2.15. The zero-order chi connectivity index (χ0) is 12.3. The van der Waals surface area contributed by atoms with Gasteiger partial charge >= 0.3 is 0 Å². The van der Waals surface area contributed by atoms with Crippen molar-refractivity contribution in [3.8, 4) is 0 Å². The summed E-state index contributed by atoms with van der Waals surface area (Å²) in [5, 5.41) is 3.68. The van der Waals surface area contributed by atoms with E-state index >= 15 is 0 Å². The van der Waals surface area contributed by atoms with Crippen molar-refractivity contribution in [3.05, 3.63) is 0 Å². The molecule has 0 saturated carbocycles. The van der Waals surface area contributed by atoms with E-state index in [0.29, 0.717) is 0 Å². The van der Waals surface area contributed by atoms with Crippen LogP contribution >= 0.6 is 11.8 Å². The van der Waals surface area contributed by atoms with E-state index in [9.17, 15) is 0 Å². The van der Waals surface area contributed by atoms with Gasteiger partial charge in [0.1, 0.15) is 0 Å². The second-order valence-corrected chi connectivity index (χ2v) is 6.13. The Kier molecular flexibility index (Phi) is 9.21. The summed E-state index contributed by atoms with van der Waals surface area (Å²) in [6.07, 6.45) is 10.4. The first kappa shape index (κ1) is 15.3. The summed E-state index contributed by atoms with van der Waals surface area (Å²) in [6.45, 7) is 7.40. The van der Waals surface area contributed by atoms with E-state index in [1.54, 1.807) is 0 Å². The average molecular weight is 258 g/mol. The van der Waals surface area contributed by atoms with E-state index in [1.807, 2.05) is 11.8 Å². The van der Waals surface area contributed by atoms with Crippen molar-refractivity contribution in [2.75, 3.05) is 38.2 Å². The molecule has 1 unspecified atom stereocenters. The molecule has 1 saturated heterocycles. The first-order valence-corrected chi connectivity index (χ1v) is 8.71. The van der Waals surface area contributed by atoms with Gasteiger partial charge < -0.3 is 10.2 Å². The molecule has 0 amide bonds. The molecule has 0 aromatic rings. The zero-order valence-corrected chi connectivity index (χ0v) is 12.5. The fourth-order valence-electron chi connectivity index (χ4n) is 2.58. The lowest BCUT2D eigenvalue weighted by molar-refractivity contribution is 0.257. The van der Waals surface area contributed by atoms with Gasteiger partial charge in [0.25, 0.3) is 0 Å². The highest BCUT2D eigenvalue weighted by atomic mass is 32.2. The molecule has 0 aliphatic carbocycles. The Morgan fingerprint density at radius 2 is 2.18 bits per heavy atom. The van der Waals surface area contributed by atoms with Gasteiger partial charge in [0.2, 0.25) is 0 Å². The quantitative estimate of drug-likeness (QED) is 0.674. The highest BCUT2D eigenvalue weighted by molar-refractivity contribution is 7.98. The number of nitrogens with one attached hydrogen (secondary N) is 1. The number of thioether (sulfide) groups is 1. The fraction of sp³-hybridized carbons (Fsp3) is 1.00. The predicted octanol–water partition coefficient (Wildman–Crippen LogP) is 2.98. The Morgan fingerprint density at radius 1 is 1.29 bits per heavy atom. The van der Waals surface area contributed by atoms with Crippen LogP contribution in [0.2, 0.25) is 0 Å². The molecular formula is C14H30N2S. The van der Waals surface area contributed by atoms with E-state index in [0.717, 1.165) is 6.04 Å². The number of rotatable bonds is 8. The lowest BCUT2D eigenvalue weighted by Gasteiger charge is -2.24. The van der Waals surface area contributed by atoms with Crippen molar-refractivity contribution in [2.45, 2.75) is 51.5 Å². The molecular weight excluding hydrogens is 228 g/mol. The van der Waals surface area contributed by atoms with Gasteiger partial charge in [0.15, 0.2) is 0 Å². The molecule has 17 heavy (non-hydrogen) atoms. The second-order valence-electron chi connectivity index (χ2n) is 5.15. The molecule has 0 bridgehead atoms. The van der Waals surface area contributed by atoms with Gasteiger partial charge in [-0.05, 0) is 57.3 Å². The molecule has 0 aromatic carbocycles. The van der Waals surface area contributed by atoms with Crippen LogP contribution in [-0.4, -0.2) is 49.1 Å². The standard InChI is InChI=1S/C14H30N2S/c1-3-8-14-13-16(11-7-9-15-14)10-5-4-6-12-17-2/h14-15H,3-13H2,1-2H3. The highest BCUT2D eigenvalue weighted by Crippen LogP contribution is 2.08. The first-order valence-electron chi connectivity index (χ1n) is 7.31. The SMILES string of the molecule is CCCC1CN(CCCCCSC)CCCN1. The largest absolute Gasteiger partial charge is 0.313 e. The van der Waals surface area contributed by atoms with Crippen LogP contribution in [-0.2, 0) is 0 Å². The lowest BCUT2D eigenvalue weighted by atomic mass is 10.1. The van der Waals surface area contributed by atoms with E-state index in [4.69, 9.17) is 0 Å². The van der Waals surface area contributed by atoms with E-state index in [-0.39, 0.29) is 0 Å². The number of hydrogen-bond acceptors (Lipinski definition) is 3. The van der Waals surface area contributed by atoms with Crippen molar-refractivity contribution in [1.29, 1.82) is 0 Å². The van der Waals surface area contributed by atoms with Crippen molar-refractivity contribution in [2.24, 2.45) is 0 Å². The minimum absolute atomic E-state index is 0.744. The van der Waals surface area contributed by atoms with Gasteiger partial charge in [-0.25, -0.2) is 0 Å². The van der Waals surface area contributed by atoms with Gasteiger partial charge in [0, 0.05) is 12.6 Å². The van der Waals surface area contributed by atoms with Crippen molar-refractivity contribution < 1.29 is 0 Å². The summed E-state index contributed by atoms with van der Waals surface area (Å²) < 4.78 is 0.